The molecule has 1 heterocycles. The molecule has 3 rings (SSSR count). The summed E-state index contributed by atoms with van der Waals surface area (Å²) >= 11 is 1.31. The van der Waals surface area contributed by atoms with Crippen molar-refractivity contribution in [2.75, 3.05) is 6.61 Å². The van der Waals surface area contributed by atoms with Crippen molar-refractivity contribution in [1.29, 1.82) is 0 Å². The van der Waals surface area contributed by atoms with Gasteiger partial charge in [-0.15, -0.1) is 11.3 Å². The molecule has 1 aromatic carbocycles. The largest absolute Gasteiger partial charge is 0.451 e. The van der Waals surface area contributed by atoms with E-state index < -0.39 is 24.5 Å². The third-order valence-corrected chi connectivity index (χ3v) is 5.74. The summed E-state index contributed by atoms with van der Waals surface area (Å²) in [6.45, 7) is 1.61. The molecule has 0 radical (unpaired) electrons. The third-order valence-electron chi connectivity index (χ3n) is 4.64. The van der Waals surface area contributed by atoms with Gasteiger partial charge in [0.15, 0.2) is 6.61 Å². The average molecular weight is 374 g/mol. The Kier molecular flexibility index (Phi) is 5.88. The van der Waals surface area contributed by atoms with E-state index in [9.17, 15) is 14.4 Å². The second kappa shape index (κ2) is 8.31. The molecule has 1 saturated carbocycles. The maximum atomic E-state index is 12.1. The lowest BCUT2D eigenvalue weighted by molar-refractivity contribution is -0.123. The quantitative estimate of drug-likeness (QED) is 0.803. The fraction of sp³-hybridized carbons (Fsp3) is 0.421. The van der Waals surface area contributed by atoms with Gasteiger partial charge in [-0.2, -0.15) is 0 Å². The molecule has 3 amide bonds. The van der Waals surface area contributed by atoms with E-state index in [1.165, 1.54) is 17.8 Å². The van der Waals surface area contributed by atoms with E-state index in [0.717, 1.165) is 29.3 Å². The van der Waals surface area contributed by atoms with Gasteiger partial charge in [-0.25, -0.2) is 9.59 Å². The second-order valence-corrected chi connectivity index (χ2v) is 7.70. The van der Waals surface area contributed by atoms with Crippen LogP contribution in [-0.2, 0) is 9.53 Å². The van der Waals surface area contributed by atoms with Crippen LogP contribution >= 0.6 is 11.3 Å². The molecule has 0 unspecified atom stereocenters. The molecule has 1 fully saturated rings. The van der Waals surface area contributed by atoms with Gasteiger partial charge < -0.3 is 10.1 Å². The number of hydrogen-bond donors (Lipinski definition) is 2. The Hall–Kier alpha value is -2.41. The smallest absolute Gasteiger partial charge is 0.348 e. The molecule has 138 valence electrons. The van der Waals surface area contributed by atoms with Crippen LogP contribution in [0, 0.1) is 5.92 Å². The van der Waals surface area contributed by atoms with Gasteiger partial charge in [-0.1, -0.05) is 38.0 Å². The monoisotopic (exact) mass is 374 g/mol. The minimum Gasteiger partial charge on any atom is -0.451 e. The summed E-state index contributed by atoms with van der Waals surface area (Å²) in [7, 11) is 0. The van der Waals surface area contributed by atoms with Crippen LogP contribution in [-0.4, -0.2) is 30.6 Å². The highest BCUT2D eigenvalue weighted by molar-refractivity contribution is 7.20. The van der Waals surface area contributed by atoms with Crippen LogP contribution in [0.4, 0.5) is 4.79 Å². The first-order valence-electron chi connectivity index (χ1n) is 8.79. The van der Waals surface area contributed by atoms with Crippen molar-refractivity contribution < 1.29 is 19.1 Å². The zero-order valence-electron chi connectivity index (χ0n) is 14.6. The Morgan fingerprint density at radius 2 is 1.96 bits per heavy atom. The number of carbonyl (C=O) groups excluding carboxylic acids is 3. The predicted molar refractivity (Wildman–Crippen MR) is 100 cm³/mol. The number of hydrogen-bond acceptors (Lipinski definition) is 5. The highest BCUT2D eigenvalue weighted by atomic mass is 32.1. The van der Waals surface area contributed by atoms with Gasteiger partial charge in [0, 0.05) is 10.7 Å². The van der Waals surface area contributed by atoms with Crippen LogP contribution < -0.4 is 10.6 Å². The molecule has 7 heteroatoms. The molecule has 0 bridgehead atoms. The molecular weight excluding hydrogens is 352 g/mol. The normalized spacial score (nSPS) is 19.7. The fourth-order valence-electron chi connectivity index (χ4n) is 3.18. The lowest BCUT2D eigenvalue weighted by Gasteiger charge is -2.29. The SMILES string of the molecule is C[C@H]1CCCC[C@H]1NC(=O)NC(=O)COC(=O)c1cc2ccccc2s1. The molecule has 2 aromatic rings. The van der Waals surface area contributed by atoms with Crippen molar-refractivity contribution in [1.82, 2.24) is 10.6 Å². The third kappa shape index (κ3) is 4.60. The van der Waals surface area contributed by atoms with Crippen LogP contribution in [0.1, 0.15) is 42.3 Å². The Morgan fingerprint density at radius 3 is 2.73 bits per heavy atom. The predicted octanol–water partition coefficient (Wildman–Crippen LogP) is 3.46. The summed E-state index contributed by atoms with van der Waals surface area (Å²) in [4.78, 5) is 36.3. The zero-order valence-corrected chi connectivity index (χ0v) is 15.4. The minimum absolute atomic E-state index is 0.0812. The molecule has 1 aliphatic rings. The van der Waals surface area contributed by atoms with E-state index in [1.54, 1.807) is 6.07 Å². The first-order chi connectivity index (χ1) is 12.5. The number of benzene rings is 1. The van der Waals surface area contributed by atoms with Crippen molar-refractivity contribution in [3.05, 3.63) is 35.2 Å². The number of esters is 1. The van der Waals surface area contributed by atoms with Gasteiger partial charge in [0.05, 0.1) is 0 Å². The fourth-order valence-corrected chi connectivity index (χ4v) is 4.14. The first-order valence-corrected chi connectivity index (χ1v) is 9.60. The highest BCUT2D eigenvalue weighted by Crippen LogP contribution is 2.26. The van der Waals surface area contributed by atoms with Crippen LogP contribution in [0.2, 0.25) is 0 Å². The Labute approximate surface area is 155 Å². The molecule has 26 heavy (non-hydrogen) atoms. The van der Waals surface area contributed by atoms with Gasteiger partial charge >= 0.3 is 12.0 Å². The van der Waals surface area contributed by atoms with Crippen molar-refractivity contribution in [2.45, 2.75) is 38.6 Å². The van der Waals surface area contributed by atoms with Gasteiger partial charge in [0.1, 0.15) is 4.88 Å². The van der Waals surface area contributed by atoms with Gasteiger partial charge in [0.25, 0.3) is 5.91 Å². The van der Waals surface area contributed by atoms with Crippen LogP contribution in [0.25, 0.3) is 10.1 Å². The van der Waals surface area contributed by atoms with Gasteiger partial charge in [-0.05, 0) is 36.3 Å². The van der Waals surface area contributed by atoms with E-state index in [1.807, 2.05) is 24.3 Å². The van der Waals surface area contributed by atoms with E-state index in [0.29, 0.717) is 10.8 Å². The van der Waals surface area contributed by atoms with Gasteiger partial charge in [0.2, 0.25) is 0 Å². The highest BCUT2D eigenvalue weighted by Gasteiger charge is 2.23. The standard InChI is InChI=1S/C19H22N2O4S/c1-12-6-2-4-8-14(12)20-19(24)21-17(22)11-25-18(23)16-10-13-7-3-5-9-15(13)26-16/h3,5,7,9-10,12,14H,2,4,6,8,11H2,1H3,(H2,20,21,22,24)/t12-,14+/m0/s1. The van der Waals surface area contributed by atoms with E-state index in [4.69, 9.17) is 4.74 Å². The summed E-state index contributed by atoms with van der Waals surface area (Å²) in [5.74, 6) is -0.807. The maximum Gasteiger partial charge on any atom is 0.348 e. The second-order valence-electron chi connectivity index (χ2n) is 6.61. The van der Waals surface area contributed by atoms with E-state index in [2.05, 4.69) is 17.6 Å². The number of ether oxygens (including phenoxy) is 1. The number of carbonyl (C=O) groups is 3. The van der Waals surface area contributed by atoms with Crippen LogP contribution in [0.3, 0.4) is 0 Å². The summed E-state index contributed by atoms with van der Waals surface area (Å²) in [5.41, 5.74) is 0. The number of urea groups is 1. The number of fused-ring (bicyclic) bond motifs is 1. The Morgan fingerprint density at radius 1 is 1.19 bits per heavy atom. The van der Waals surface area contributed by atoms with Crippen molar-refractivity contribution in [2.24, 2.45) is 5.92 Å². The Bertz CT molecular complexity index is 784. The molecule has 2 atom stereocenters. The Balaban J connectivity index is 1.45. The van der Waals surface area contributed by atoms with Crippen molar-refractivity contribution >= 4 is 39.3 Å². The zero-order chi connectivity index (χ0) is 18.5. The first kappa shape index (κ1) is 18.4. The topological polar surface area (TPSA) is 84.5 Å². The van der Waals surface area contributed by atoms with E-state index in [-0.39, 0.29) is 6.04 Å². The number of imide groups is 1. The summed E-state index contributed by atoms with van der Waals surface area (Å²) in [6.07, 6.45) is 4.25. The molecule has 0 saturated heterocycles. The molecular formula is C19H22N2O4S. The number of nitrogens with one attached hydrogen (secondary N) is 2. The maximum absolute atomic E-state index is 12.1. The number of rotatable bonds is 4. The molecule has 1 aliphatic carbocycles. The summed E-state index contributed by atoms with van der Waals surface area (Å²) in [6, 6.07) is 8.89. The number of thiophene rings is 1. The molecule has 2 N–H and O–H groups in total. The van der Waals surface area contributed by atoms with E-state index >= 15 is 0 Å². The van der Waals surface area contributed by atoms with Crippen LogP contribution in [0.5, 0.6) is 0 Å². The lowest BCUT2D eigenvalue weighted by atomic mass is 9.86. The van der Waals surface area contributed by atoms with Crippen molar-refractivity contribution in [3.63, 3.8) is 0 Å². The molecule has 0 spiro atoms. The average Bonchev–Trinajstić information content (AvgIpc) is 3.06. The minimum atomic E-state index is -0.638. The summed E-state index contributed by atoms with van der Waals surface area (Å²) < 4.78 is 5.99. The molecule has 1 aromatic heterocycles. The summed E-state index contributed by atoms with van der Waals surface area (Å²) in [5, 5.41) is 6.00. The van der Waals surface area contributed by atoms with Crippen LogP contribution in [0.15, 0.2) is 30.3 Å². The van der Waals surface area contributed by atoms with Crippen molar-refractivity contribution in [3.8, 4) is 0 Å². The lowest BCUT2D eigenvalue weighted by Crippen LogP contribution is -2.48. The molecule has 6 nitrogen and oxygen atoms in total. The van der Waals surface area contributed by atoms with Gasteiger partial charge in [-0.3, -0.25) is 10.1 Å². The molecule has 0 aliphatic heterocycles. The number of amides is 3.